The highest BCUT2D eigenvalue weighted by molar-refractivity contribution is 7.11. The lowest BCUT2D eigenvalue weighted by Crippen LogP contribution is -2.59. The van der Waals surface area contributed by atoms with Gasteiger partial charge >= 0.3 is 0 Å². The van der Waals surface area contributed by atoms with Gasteiger partial charge in [0.25, 0.3) is 0 Å². The van der Waals surface area contributed by atoms with E-state index in [9.17, 15) is 4.79 Å². The summed E-state index contributed by atoms with van der Waals surface area (Å²) in [6.45, 7) is 9.61. The van der Waals surface area contributed by atoms with E-state index in [1.54, 1.807) is 0 Å². The number of thiophene rings is 1. The number of unbranched alkanes of at least 4 members (excludes halogenated alkanes) is 1. The topological polar surface area (TPSA) is 46.3 Å². The summed E-state index contributed by atoms with van der Waals surface area (Å²) in [7, 11) is 0. The van der Waals surface area contributed by atoms with E-state index < -0.39 is 0 Å². The predicted molar refractivity (Wildman–Crippen MR) is 91.7 cm³/mol. The molecule has 1 aliphatic carbocycles. The number of likely N-dealkylation sites (tertiary alicyclic amines) is 1. The molecule has 1 saturated heterocycles. The van der Waals surface area contributed by atoms with Crippen LogP contribution in [0.15, 0.2) is 12.1 Å². The monoisotopic (exact) mass is 320 g/mol. The molecule has 0 unspecified atom stereocenters. The number of fused-ring (bicyclic) bond motifs is 1. The summed E-state index contributed by atoms with van der Waals surface area (Å²) in [5.74, 6) is 0.339. The zero-order chi connectivity index (χ0) is 16.0. The third-order valence-corrected chi connectivity index (χ3v) is 6.82. The first kappa shape index (κ1) is 16.0. The highest BCUT2D eigenvalue weighted by atomic mass is 32.1. The third-order valence-electron chi connectivity index (χ3n) is 5.69. The van der Waals surface area contributed by atoms with E-state index in [0.29, 0.717) is 5.92 Å². The van der Waals surface area contributed by atoms with E-state index in [1.807, 2.05) is 11.3 Å². The summed E-state index contributed by atoms with van der Waals surface area (Å²) < 4.78 is 0. The van der Waals surface area contributed by atoms with Crippen molar-refractivity contribution in [3.63, 3.8) is 0 Å². The zero-order valence-corrected chi connectivity index (χ0v) is 14.8. The number of aryl methyl sites for hydroxylation is 1. The molecule has 0 aromatic carbocycles. The van der Waals surface area contributed by atoms with Gasteiger partial charge in [0, 0.05) is 29.4 Å². The molecule has 4 heteroatoms. The van der Waals surface area contributed by atoms with Crippen LogP contribution in [0.1, 0.15) is 49.8 Å². The fourth-order valence-electron chi connectivity index (χ4n) is 4.66. The van der Waals surface area contributed by atoms with Gasteiger partial charge in [-0.2, -0.15) is 0 Å². The molecular weight excluding hydrogens is 292 g/mol. The SMILES string of the molecule is CCCCc1ccc(CN2C[C@@H]3C(C)(C)C[C@]3(C(N)=O)C2)s1. The number of amides is 1. The molecule has 2 aliphatic rings. The molecule has 122 valence electrons. The Bertz CT molecular complexity index is 565. The van der Waals surface area contributed by atoms with E-state index in [4.69, 9.17) is 5.73 Å². The van der Waals surface area contributed by atoms with Gasteiger partial charge in [-0.3, -0.25) is 9.69 Å². The van der Waals surface area contributed by atoms with Gasteiger partial charge in [-0.05, 0) is 42.7 Å². The van der Waals surface area contributed by atoms with Crippen molar-refractivity contribution in [3.05, 3.63) is 21.9 Å². The Morgan fingerprint density at radius 1 is 1.41 bits per heavy atom. The number of hydrogen-bond donors (Lipinski definition) is 1. The summed E-state index contributed by atoms with van der Waals surface area (Å²) >= 11 is 1.93. The van der Waals surface area contributed by atoms with E-state index in [-0.39, 0.29) is 16.7 Å². The largest absolute Gasteiger partial charge is 0.369 e. The summed E-state index contributed by atoms with van der Waals surface area (Å²) in [4.78, 5) is 17.3. The number of carbonyl (C=O) groups excluding carboxylic acids is 1. The molecule has 2 N–H and O–H groups in total. The highest BCUT2D eigenvalue weighted by Gasteiger charge is 2.65. The van der Waals surface area contributed by atoms with E-state index in [0.717, 1.165) is 26.1 Å². The minimum atomic E-state index is -0.258. The molecule has 0 bridgehead atoms. The lowest BCUT2D eigenvalue weighted by atomic mass is 9.48. The van der Waals surface area contributed by atoms with Crippen LogP contribution in [0.5, 0.6) is 0 Å². The second kappa shape index (κ2) is 5.64. The second-order valence-electron chi connectivity index (χ2n) is 7.88. The smallest absolute Gasteiger partial charge is 0.225 e. The third kappa shape index (κ3) is 2.61. The molecular formula is C18H28N2OS. The van der Waals surface area contributed by atoms with Crippen LogP contribution in [-0.2, 0) is 17.8 Å². The van der Waals surface area contributed by atoms with Crippen LogP contribution in [0, 0.1) is 16.7 Å². The average Bonchev–Trinajstić information content (AvgIpc) is 3.00. The molecule has 2 atom stereocenters. The standard InChI is InChI=1S/C18H28N2OS/c1-4-5-6-13-7-8-14(22-13)9-20-10-15-17(2,3)11-18(15,12-20)16(19)21/h7-8,15H,4-6,9-12H2,1-3H3,(H2,19,21)/t15-,18+/m1/s1. The Morgan fingerprint density at radius 3 is 2.73 bits per heavy atom. The second-order valence-corrected chi connectivity index (χ2v) is 9.13. The van der Waals surface area contributed by atoms with Crippen molar-refractivity contribution >= 4 is 17.2 Å². The molecule has 1 amide bonds. The van der Waals surface area contributed by atoms with Crippen LogP contribution in [0.2, 0.25) is 0 Å². The summed E-state index contributed by atoms with van der Waals surface area (Å²) in [6.07, 6.45) is 4.66. The van der Waals surface area contributed by atoms with E-state index >= 15 is 0 Å². The zero-order valence-electron chi connectivity index (χ0n) is 14.0. The fourth-order valence-corrected chi connectivity index (χ4v) is 5.76. The summed E-state index contributed by atoms with van der Waals surface area (Å²) in [5, 5.41) is 0. The molecule has 22 heavy (non-hydrogen) atoms. The van der Waals surface area contributed by atoms with Crippen LogP contribution >= 0.6 is 11.3 Å². The number of rotatable bonds is 6. The molecule has 3 nitrogen and oxygen atoms in total. The first-order valence-electron chi connectivity index (χ1n) is 8.47. The minimum absolute atomic E-state index is 0.0888. The molecule has 1 saturated carbocycles. The molecule has 0 radical (unpaired) electrons. The molecule has 2 heterocycles. The van der Waals surface area contributed by atoms with E-state index in [1.165, 1.54) is 29.0 Å². The number of nitrogens with two attached hydrogens (primary N) is 1. The van der Waals surface area contributed by atoms with Crippen LogP contribution in [0.25, 0.3) is 0 Å². The van der Waals surface area contributed by atoms with Crippen molar-refractivity contribution in [2.24, 2.45) is 22.5 Å². The summed E-state index contributed by atoms with van der Waals surface area (Å²) in [6, 6.07) is 4.53. The van der Waals surface area contributed by atoms with Crippen LogP contribution in [0.3, 0.4) is 0 Å². The van der Waals surface area contributed by atoms with Gasteiger partial charge in [-0.25, -0.2) is 0 Å². The van der Waals surface area contributed by atoms with Crippen molar-refractivity contribution in [2.45, 2.75) is 53.0 Å². The van der Waals surface area contributed by atoms with Crippen molar-refractivity contribution in [1.82, 2.24) is 4.90 Å². The van der Waals surface area contributed by atoms with Crippen LogP contribution < -0.4 is 5.73 Å². The Kier molecular flexibility index (Phi) is 4.11. The maximum atomic E-state index is 12.0. The van der Waals surface area contributed by atoms with Crippen molar-refractivity contribution in [3.8, 4) is 0 Å². The highest BCUT2D eigenvalue weighted by Crippen LogP contribution is 2.62. The molecule has 3 rings (SSSR count). The fraction of sp³-hybridized carbons (Fsp3) is 0.722. The van der Waals surface area contributed by atoms with Gasteiger partial charge in [0.15, 0.2) is 0 Å². The Hall–Kier alpha value is -0.870. The first-order chi connectivity index (χ1) is 10.4. The Morgan fingerprint density at radius 2 is 2.14 bits per heavy atom. The number of hydrogen-bond acceptors (Lipinski definition) is 3. The number of nitrogens with zero attached hydrogens (tertiary/aromatic N) is 1. The van der Waals surface area contributed by atoms with Gasteiger partial charge in [0.2, 0.25) is 5.91 Å². The number of primary amides is 1. The molecule has 2 fully saturated rings. The quantitative estimate of drug-likeness (QED) is 0.873. The summed E-state index contributed by atoms with van der Waals surface area (Å²) in [5.41, 5.74) is 5.74. The van der Waals surface area contributed by atoms with Gasteiger partial charge in [-0.15, -0.1) is 11.3 Å². The molecule has 1 aromatic heterocycles. The molecule has 1 aliphatic heterocycles. The molecule has 0 spiro atoms. The van der Waals surface area contributed by atoms with Crippen LogP contribution in [-0.4, -0.2) is 23.9 Å². The van der Waals surface area contributed by atoms with Crippen molar-refractivity contribution < 1.29 is 4.79 Å². The average molecular weight is 321 g/mol. The van der Waals surface area contributed by atoms with Gasteiger partial charge in [0.1, 0.15) is 0 Å². The Balaban J connectivity index is 1.65. The van der Waals surface area contributed by atoms with Crippen molar-refractivity contribution in [1.29, 1.82) is 0 Å². The molecule has 1 aromatic rings. The van der Waals surface area contributed by atoms with Crippen LogP contribution in [0.4, 0.5) is 0 Å². The van der Waals surface area contributed by atoms with Gasteiger partial charge in [0.05, 0.1) is 5.41 Å². The lowest BCUT2D eigenvalue weighted by Gasteiger charge is -2.54. The van der Waals surface area contributed by atoms with Gasteiger partial charge < -0.3 is 5.73 Å². The Labute approximate surface area is 137 Å². The van der Waals surface area contributed by atoms with E-state index in [2.05, 4.69) is 37.8 Å². The lowest BCUT2D eigenvalue weighted by molar-refractivity contribution is -0.148. The maximum absolute atomic E-state index is 12.0. The minimum Gasteiger partial charge on any atom is -0.369 e. The van der Waals surface area contributed by atoms with Crippen molar-refractivity contribution in [2.75, 3.05) is 13.1 Å². The maximum Gasteiger partial charge on any atom is 0.225 e. The normalized spacial score (nSPS) is 30.0. The predicted octanol–water partition coefficient (Wildman–Crippen LogP) is 3.42. The number of carbonyl (C=O) groups is 1. The van der Waals surface area contributed by atoms with Gasteiger partial charge in [-0.1, -0.05) is 27.2 Å². The first-order valence-corrected chi connectivity index (χ1v) is 9.29.